The zero-order valence-electron chi connectivity index (χ0n) is 9.38. The number of hydrogen-bond acceptors (Lipinski definition) is 2. The molecule has 0 unspecified atom stereocenters. The quantitative estimate of drug-likeness (QED) is 0.776. The Morgan fingerprint density at radius 2 is 2.20 bits per heavy atom. The lowest BCUT2D eigenvalue weighted by Gasteiger charge is -1.93. The Hall–Kier alpha value is -1.38. The van der Waals surface area contributed by atoms with E-state index in [2.05, 4.69) is 27.9 Å². The maximum Gasteiger partial charge on any atom is 0.177 e. The van der Waals surface area contributed by atoms with Gasteiger partial charge in [-0.05, 0) is 25.0 Å². The molecule has 0 aromatic carbocycles. The van der Waals surface area contributed by atoms with Gasteiger partial charge in [0.15, 0.2) is 5.65 Å². The van der Waals surface area contributed by atoms with Crippen LogP contribution in [0.25, 0.3) is 11.2 Å². The number of aryl methyl sites for hydroxylation is 2. The first-order chi connectivity index (χ1) is 7.29. The highest BCUT2D eigenvalue weighted by molar-refractivity contribution is 5.70. The van der Waals surface area contributed by atoms with Crippen molar-refractivity contribution in [2.24, 2.45) is 0 Å². The van der Waals surface area contributed by atoms with Crippen molar-refractivity contribution in [2.45, 2.75) is 39.5 Å². The number of pyridine rings is 1. The van der Waals surface area contributed by atoms with Gasteiger partial charge >= 0.3 is 0 Å². The molecule has 0 bridgehead atoms. The van der Waals surface area contributed by atoms with Crippen LogP contribution in [0.1, 0.15) is 37.6 Å². The number of fused-ring (bicyclic) bond motifs is 1. The number of H-pyrrole nitrogens is 1. The van der Waals surface area contributed by atoms with E-state index in [4.69, 9.17) is 0 Å². The Kier molecular flexibility index (Phi) is 2.99. The number of nitrogens with one attached hydrogen (secondary N) is 1. The van der Waals surface area contributed by atoms with Crippen LogP contribution in [0.2, 0.25) is 0 Å². The molecule has 0 radical (unpaired) electrons. The number of rotatable bonds is 4. The van der Waals surface area contributed by atoms with E-state index >= 15 is 0 Å². The second kappa shape index (κ2) is 4.43. The highest BCUT2D eigenvalue weighted by Gasteiger charge is 2.03. The molecule has 0 aliphatic heterocycles. The van der Waals surface area contributed by atoms with Crippen LogP contribution in [0.5, 0.6) is 0 Å². The standard InChI is InChI=1S/C12H17N3/c1-3-4-5-6-11-14-10-7-9(2)8-13-12(10)15-11/h7-8H,3-6H2,1-2H3,(H,13,14,15). The Bertz CT molecular complexity index is 445. The van der Waals surface area contributed by atoms with Crippen molar-refractivity contribution in [1.29, 1.82) is 0 Å². The van der Waals surface area contributed by atoms with Crippen LogP contribution in [0.4, 0.5) is 0 Å². The predicted octanol–water partition coefficient (Wildman–Crippen LogP) is 3.00. The molecule has 3 nitrogen and oxygen atoms in total. The minimum atomic E-state index is 0.840. The van der Waals surface area contributed by atoms with E-state index in [0.717, 1.165) is 23.4 Å². The molecule has 80 valence electrons. The smallest absolute Gasteiger partial charge is 0.177 e. The van der Waals surface area contributed by atoms with Gasteiger partial charge < -0.3 is 4.98 Å². The van der Waals surface area contributed by atoms with Crippen LogP contribution in [0.3, 0.4) is 0 Å². The first kappa shape index (κ1) is 10.1. The highest BCUT2D eigenvalue weighted by Crippen LogP contribution is 2.11. The summed E-state index contributed by atoms with van der Waals surface area (Å²) < 4.78 is 0. The molecule has 2 aromatic rings. The lowest BCUT2D eigenvalue weighted by atomic mass is 10.2. The average Bonchev–Trinajstić information content (AvgIpc) is 2.60. The second-order valence-corrected chi connectivity index (χ2v) is 4.02. The molecule has 0 amide bonds. The largest absolute Gasteiger partial charge is 0.341 e. The Labute approximate surface area is 90.0 Å². The van der Waals surface area contributed by atoms with Gasteiger partial charge in [-0.2, -0.15) is 0 Å². The molecular formula is C12H17N3. The summed E-state index contributed by atoms with van der Waals surface area (Å²) in [5, 5.41) is 0. The van der Waals surface area contributed by atoms with Gasteiger partial charge in [0.05, 0.1) is 5.52 Å². The third-order valence-electron chi connectivity index (χ3n) is 2.54. The number of unbranched alkanes of at least 4 members (excludes halogenated alkanes) is 2. The Balaban J connectivity index is 2.16. The zero-order valence-corrected chi connectivity index (χ0v) is 9.38. The number of aromatic nitrogens is 3. The molecule has 0 saturated carbocycles. The summed E-state index contributed by atoms with van der Waals surface area (Å²) in [5.74, 6) is 1.07. The molecule has 0 aliphatic rings. The molecule has 0 aliphatic carbocycles. The molecule has 1 N–H and O–H groups in total. The van der Waals surface area contributed by atoms with Crippen molar-refractivity contribution >= 4 is 11.2 Å². The summed E-state index contributed by atoms with van der Waals surface area (Å²) in [5.41, 5.74) is 3.07. The first-order valence-electron chi connectivity index (χ1n) is 5.61. The van der Waals surface area contributed by atoms with Crippen LogP contribution in [-0.4, -0.2) is 15.0 Å². The molecule has 0 spiro atoms. The van der Waals surface area contributed by atoms with Crippen LogP contribution < -0.4 is 0 Å². The second-order valence-electron chi connectivity index (χ2n) is 4.02. The van der Waals surface area contributed by atoms with Gasteiger partial charge in [0.1, 0.15) is 5.82 Å². The minimum absolute atomic E-state index is 0.840. The van der Waals surface area contributed by atoms with E-state index < -0.39 is 0 Å². The van der Waals surface area contributed by atoms with E-state index in [0.29, 0.717) is 0 Å². The zero-order chi connectivity index (χ0) is 10.7. The fraction of sp³-hybridized carbons (Fsp3) is 0.500. The highest BCUT2D eigenvalue weighted by atomic mass is 15.0. The topological polar surface area (TPSA) is 41.6 Å². The summed E-state index contributed by atoms with van der Waals surface area (Å²) >= 11 is 0. The number of imidazole rings is 1. The maximum atomic E-state index is 4.46. The third kappa shape index (κ3) is 2.35. The number of nitrogens with zero attached hydrogens (tertiary/aromatic N) is 2. The van der Waals surface area contributed by atoms with Crippen LogP contribution >= 0.6 is 0 Å². The lowest BCUT2D eigenvalue weighted by Crippen LogP contribution is -1.87. The van der Waals surface area contributed by atoms with Crippen molar-refractivity contribution in [3.05, 3.63) is 23.7 Å². The molecule has 0 atom stereocenters. The molecule has 0 saturated heterocycles. The minimum Gasteiger partial charge on any atom is -0.341 e. The summed E-state index contributed by atoms with van der Waals surface area (Å²) in [6.07, 6.45) is 6.61. The molecule has 2 aromatic heterocycles. The van der Waals surface area contributed by atoms with Gasteiger partial charge in [0, 0.05) is 12.6 Å². The summed E-state index contributed by atoms with van der Waals surface area (Å²) in [7, 11) is 0. The summed E-state index contributed by atoms with van der Waals surface area (Å²) in [6, 6.07) is 2.10. The van der Waals surface area contributed by atoms with E-state index in [1.54, 1.807) is 0 Å². The van der Waals surface area contributed by atoms with Gasteiger partial charge in [-0.15, -0.1) is 0 Å². The van der Waals surface area contributed by atoms with Crippen molar-refractivity contribution in [3.63, 3.8) is 0 Å². The van der Waals surface area contributed by atoms with Crippen LogP contribution in [-0.2, 0) is 6.42 Å². The first-order valence-corrected chi connectivity index (χ1v) is 5.61. The van der Waals surface area contributed by atoms with Crippen molar-refractivity contribution in [3.8, 4) is 0 Å². The molecule has 0 fully saturated rings. The van der Waals surface area contributed by atoms with Gasteiger partial charge in [0.25, 0.3) is 0 Å². The lowest BCUT2D eigenvalue weighted by molar-refractivity contribution is 0.700. The van der Waals surface area contributed by atoms with E-state index in [-0.39, 0.29) is 0 Å². The van der Waals surface area contributed by atoms with E-state index in [1.165, 1.54) is 24.8 Å². The Morgan fingerprint density at radius 3 is 3.00 bits per heavy atom. The van der Waals surface area contributed by atoms with E-state index in [9.17, 15) is 0 Å². The van der Waals surface area contributed by atoms with Gasteiger partial charge in [0.2, 0.25) is 0 Å². The van der Waals surface area contributed by atoms with Gasteiger partial charge in [-0.25, -0.2) is 9.97 Å². The third-order valence-corrected chi connectivity index (χ3v) is 2.54. The normalized spacial score (nSPS) is 11.1. The van der Waals surface area contributed by atoms with Crippen LogP contribution in [0, 0.1) is 6.92 Å². The van der Waals surface area contributed by atoms with Gasteiger partial charge in [-0.1, -0.05) is 19.8 Å². The average molecular weight is 203 g/mol. The Morgan fingerprint density at radius 1 is 1.33 bits per heavy atom. The summed E-state index contributed by atoms with van der Waals surface area (Å²) in [6.45, 7) is 4.26. The molecule has 2 heterocycles. The molecular weight excluding hydrogens is 186 g/mol. The van der Waals surface area contributed by atoms with E-state index in [1.807, 2.05) is 13.1 Å². The maximum absolute atomic E-state index is 4.46. The molecule has 3 heteroatoms. The monoisotopic (exact) mass is 203 g/mol. The predicted molar refractivity (Wildman–Crippen MR) is 61.9 cm³/mol. The molecule has 15 heavy (non-hydrogen) atoms. The SMILES string of the molecule is CCCCCc1nc2ncc(C)cc2[nH]1. The van der Waals surface area contributed by atoms with Crippen molar-refractivity contribution < 1.29 is 0 Å². The summed E-state index contributed by atoms with van der Waals surface area (Å²) in [4.78, 5) is 12.1. The van der Waals surface area contributed by atoms with Crippen LogP contribution in [0.15, 0.2) is 12.3 Å². The van der Waals surface area contributed by atoms with Gasteiger partial charge in [-0.3, -0.25) is 0 Å². The van der Waals surface area contributed by atoms with Crippen molar-refractivity contribution in [1.82, 2.24) is 15.0 Å². The number of hydrogen-bond donors (Lipinski definition) is 1. The van der Waals surface area contributed by atoms with Crippen molar-refractivity contribution in [2.75, 3.05) is 0 Å². The fourth-order valence-electron chi connectivity index (χ4n) is 1.72. The molecule has 2 rings (SSSR count). The fourth-order valence-corrected chi connectivity index (χ4v) is 1.72. The number of aromatic amines is 1.